The van der Waals surface area contributed by atoms with E-state index in [1.807, 2.05) is 31.3 Å². The molecule has 0 aliphatic carbocycles. The van der Waals surface area contributed by atoms with Gasteiger partial charge in [-0.2, -0.15) is 0 Å². The zero-order valence-electron chi connectivity index (χ0n) is 9.69. The summed E-state index contributed by atoms with van der Waals surface area (Å²) in [4.78, 5) is 11.1. The minimum absolute atomic E-state index is 0.304. The van der Waals surface area contributed by atoms with E-state index in [0.29, 0.717) is 6.61 Å². The predicted molar refractivity (Wildman–Crippen MR) is 64.9 cm³/mol. The normalized spacial score (nSPS) is 10.6. The Labute approximate surface area is 96.1 Å². The summed E-state index contributed by atoms with van der Waals surface area (Å²) in [5.41, 5.74) is 2.19. The standard InChI is InChI=1S/C13H17NO2/c1-3-16-13(15)8-7-11-5-4-6-12(9-11)10-14-2/h4-9,14H,3,10H2,1-2H3. The Balaban J connectivity index is 2.66. The molecule has 16 heavy (non-hydrogen) atoms. The molecule has 0 spiro atoms. The van der Waals surface area contributed by atoms with Crippen LogP contribution in [-0.4, -0.2) is 19.6 Å². The smallest absolute Gasteiger partial charge is 0.330 e. The molecule has 3 nitrogen and oxygen atoms in total. The second-order valence-corrected chi connectivity index (χ2v) is 3.36. The average molecular weight is 219 g/mol. The van der Waals surface area contributed by atoms with Gasteiger partial charge in [0, 0.05) is 12.6 Å². The molecule has 86 valence electrons. The third kappa shape index (κ3) is 4.28. The topological polar surface area (TPSA) is 38.3 Å². The summed E-state index contributed by atoms with van der Waals surface area (Å²) in [6, 6.07) is 8.00. The van der Waals surface area contributed by atoms with Crippen molar-refractivity contribution >= 4 is 12.0 Å². The lowest BCUT2D eigenvalue weighted by Crippen LogP contribution is -2.04. The Kier molecular flexibility index (Phi) is 5.29. The fourth-order valence-electron chi connectivity index (χ4n) is 1.37. The van der Waals surface area contributed by atoms with Crippen LogP contribution in [0, 0.1) is 0 Å². The van der Waals surface area contributed by atoms with Gasteiger partial charge in [-0.1, -0.05) is 24.3 Å². The molecule has 0 amide bonds. The first-order chi connectivity index (χ1) is 7.76. The Bertz CT molecular complexity index is 372. The summed E-state index contributed by atoms with van der Waals surface area (Å²) >= 11 is 0. The first-order valence-corrected chi connectivity index (χ1v) is 5.34. The van der Waals surface area contributed by atoms with Gasteiger partial charge in [0.15, 0.2) is 0 Å². The van der Waals surface area contributed by atoms with Crippen molar-refractivity contribution in [2.45, 2.75) is 13.5 Å². The number of benzene rings is 1. The number of nitrogens with one attached hydrogen (secondary N) is 1. The van der Waals surface area contributed by atoms with Gasteiger partial charge in [0.25, 0.3) is 0 Å². The lowest BCUT2D eigenvalue weighted by molar-refractivity contribution is -0.137. The fourth-order valence-corrected chi connectivity index (χ4v) is 1.37. The minimum atomic E-state index is -0.304. The molecular formula is C13H17NO2. The summed E-state index contributed by atoms with van der Waals surface area (Å²) in [7, 11) is 1.90. The molecule has 0 aliphatic rings. The summed E-state index contributed by atoms with van der Waals surface area (Å²) in [5, 5.41) is 3.08. The van der Waals surface area contributed by atoms with Gasteiger partial charge < -0.3 is 10.1 Å². The van der Waals surface area contributed by atoms with Gasteiger partial charge >= 0.3 is 5.97 Å². The number of hydrogen-bond donors (Lipinski definition) is 1. The Morgan fingerprint density at radius 2 is 2.31 bits per heavy atom. The maximum Gasteiger partial charge on any atom is 0.330 e. The molecule has 0 atom stereocenters. The molecule has 0 unspecified atom stereocenters. The van der Waals surface area contributed by atoms with Crippen LogP contribution in [0.2, 0.25) is 0 Å². The largest absolute Gasteiger partial charge is 0.463 e. The SMILES string of the molecule is CCOC(=O)C=Cc1cccc(CNC)c1. The molecule has 0 aromatic heterocycles. The van der Waals surface area contributed by atoms with Crippen molar-refractivity contribution in [3.8, 4) is 0 Å². The molecule has 1 aromatic rings. The molecule has 1 rings (SSSR count). The molecule has 1 aromatic carbocycles. The van der Waals surface area contributed by atoms with Crippen LogP contribution in [0.3, 0.4) is 0 Å². The maximum absolute atomic E-state index is 11.1. The lowest BCUT2D eigenvalue weighted by Gasteiger charge is -2.01. The van der Waals surface area contributed by atoms with Crippen molar-refractivity contribution < 1.29 is 9.53 Å². The quantitative estimate of drug-likeness (QED) is 0.608. The van der Waals surface area contributed by atoms with Crippen LogP contribution >= 0.6 is 0 Å². The molecule has 0 saturated carbocycles. The van der Waals surface area contributed by atoms with Crippen molar-refractivity contribution in [1.29, 1.82) is 0 Å². The highest BCUT2D eigenvalue weighted by Gasteiger charge is 1.95. The van der Waals surface area contributed by atoms with Crippen molar-refractivity contribution in [2.24, 2.45) is 0 Å². The van der Waals surface area contributed by atoms with Gasteiger partial charge in [-0.3, -0.25) is 0 Å². The molecule has 1 N–H and O–H groups in total. The molecule has 0 radical (unpaired) electrons. The summed E-state index contributed by atoms with van der Waals surface area (Å²) in [6.07, 6.45) is 3.21. The van der Waals surface area contributed by atoms with Crippen molar-refractivity contribution in [3.63, 3.8) is 0 Å². The van der Waals surface area contributed by atoms with Crippen LogP contribution in [0.15, 0.2) is 30.3 Å². The summed E-state index contributed by atoms with van der Waals surface area (Å²) in [5.74, 6) is -0.304. The van der Waals surface area contributed by atoms with E-state index < -0.39 is 0 Å². The van der Waals surface area contributed by atoms with Crippen molar-refractivity contribution in [2.75, 3.05) is 13.7 Å². The van der Waals surface area contributed by atoms with E-state index >= 15 is 0 Å². The summed E-state index contributed by atoms with van der Waals surface area (Å²) < 4.78 is 4.80. The third-order valence-corrected chi connectivity index (χ3v) is 2.03. The number of hydrogen-bond acceptors (Lipinski definition) is 3. The van der Waals surface area contributed by atoms with Gasteiger partial charge in [0.2, 0.25) is 0 Å². The van der Waals surface area contributed by atoms with Crippen LogP contribution in [0.4, 0.5) is 0 Å². The number of carbonyl (C=O) groups is 1. The molecular weight excluding hydrogens is 202 g/mol. The van der Waals surface area contributed by atoms with Crippen LogP contribution < -0.4 is 5.32 Å². The highest BCUT2D eigenvalue weighted by molar-refractivity contribution is 5.87. The first kappa shape index (κ1) is 12.5. The van der Waals surface area contributed by atoms with E-state index in [9.17, 15) is 4.79 Å². The van der Waals surface area contributed by atoms with Crippen LogP contribution in [0.1, 0.15) is 18.1 Å². The van der Waals surface area contributed by atoms with Crippen LogP contribution in [0.5, 0.6) is 0 Å². The zero-order chi connectivity index (χ0) is 11.8. The van der Waals surface area contributed by atoms with Gasteiger partial charge in [0.05, 0.1) is 6.61 Å². The molecule has 0 bridgehead atoms. The van der Waals surface area contributed by atoms with E-state index in [1.54, 1.807) is 13.0 Å². The maximum atomic E-state index is 11.1. The average Bonchev–Trinajstić information content (AvgIpc) is 2.28. The zero-order valence-corrected chi connectivity index (χ0v) is 9.69. The van der Waals surface area contributed by atoms with Gasteiger partial charge in [-0.05, 0) is 31.2 Å². The Morgan fingerprint density at radius 3 is 3.00 bits per heavy atom. The second-order valence-electron chi connectivity index (χ2n) is 3.36. The van der Waals surface area contributed by atoms with E-state index in [2.05, 4.69) is 5.32 Å². The number of ether oxygens (including phenoxy) is 1. The number of carbonyl (C=O) groups excluding carboxylic acids is 1. The van der Waals surface area contributed by atoms with E-state index in [1.165, 1.54) is 11.6 Å². The van der Waals surface area contributed by atoms with Crippen LogP contribution in [-0.2, 0) is 16.1 Å². The van der Waals surface area contributed by atoms with Crippen molar-refractivity contribution in [3.05, 3.63) is 41.5 Å². The van der Waals surface area contributed by atoms with E-state index in [4.69, 9.17) is 4.74 Å². The minimum Gasteiger partial charge on any atom is -0.463 e. The third-order valence-electron chi connectivity index (χ3n) is 2.03. The number of esters is 1. The predicted octanol–water partition coefficient (Wildman–Crippen LogP) is 1.98. The summed E-state index contributed by atoms with van der Waals surface area (Å²) in [6.45, 7) is 3.02. The monoisotopic (exact) mass is 219 g/mol. The highest BCUT2D eigenvalue weighted by atomic mass is 16.5. The van der Waals surface area contributed by atoms with E-state index in [-0.39, 0.29) is 5.97 Å². The Hall–Kier alpha value is -1.61. The van der Waals surface area contributed by atoms with Gasteiger partial charge in [-0.25, -0.2) is 4.79 Å². The fraction of sp³-hybridized carbons (Fsp3) is 0.308. The molecule has 0 heterocycles. The molecule has 0 aliphatic heterocycles. The molecule has 0 saturated heterocycles. The molecule has 0 fully saturated rings. The highest BCUT2D eigenvalue weighted by Crippen LogP contribution is 2.07. The van der Waals surface area contributed by atoms with Crippen molar-refractivity contribution in [1.82, 2.24) is 5.32 Å². The van der Waals surface area contributed by atoms with Gasteiger partial charge in [0.1, 0.15) is 0 Å². The van der Waals surface area contributed by atoms with E-state index in [0.717, 1.165) is 12.1 Å². The Morgan fingerprint density at radius 1 is 1.50 bits per heavy atom. The first-order valence-electron chi connectivity index (χ1n) is 5.34. The second kappa shape index (κ2) is 6.80. The number of rotatable bonds is 5. The van der Waals surface area contributed by atoms with Crippen LogP contribution in [0.25, 0.3) is 6.08 Å². The lowest BCUT2D eigenvalue weighted by atomic mass is 10.1. The van der Waals surface area contributed by atoms with Gasteiger partial charge in [-0.15, -0.1) is 0 Å². The molecule has 3 heteroatoms.